The predicted octanol–water partition coefficient (Wildman–Crippen LogP) is 1.66. The van der Waals surface area contributed by atoms with Crippen molar-refractivity contribution in [3.05, 3.63) is 4.88 Å². The molecule has 0 saturated heterocycles. The van der Waals surface area contributed by atoms with E-state index in [2.05, 4.69) is 17.2 Å². The summed E-state index contributed by atoms with van der Waals surface area (Å²) in [6, 6.07) is 0.178. The Labute approximate surface area is 116 Å². The molecule has 0 bridgehead atoms. The first kappa shape index (κ1) is 15.1. The van der Waals surface area contributed by atoms with Crippen molar-refractivity contribution in [3.8, 4) is 0 Å². The fourth-order valence-corrected chi connectivity index (χ4v) is 2.92. The van der Waals surface area contributed by atoms with E-state index in [1.165, 1.54) is 11.3 Å². The van der Waals surface area contributed by atoms with Gasteiger partial charge in [0.2, 0.25) is 0 Å². The minimum absolute atomic E-state index is 0.126. The second-order valence-electron chi connectivity index (χ2n) is 4.14. The van der Waals surface area contributed by atoms with Crippen molar-refractivity contribution in [1.82, 2.24) is 10.3 Å². The molecule has 0 fully saturated rings. The molecule has 5 nitrogen and oxygen atoms in total. The molecule has 1 amide bonds. The van der Waals surface area contributed by atoms with Crippen molar-refractivity contribution in [2.75, 3.05) is 36.7 Å². The molecule has 1 atom stereocenters. The van der Waals surface area contributed by atoms with Gasteiger partial charge in [-0.1, -0.05) is 18.3 Å². The first-order valence-corrected chi connectivity index (χ1v) is 7.94. The van der Waals surface area contributed by atoms with E-state index < -0.39 is 0 Å². The maximum Gasteiger partial charge on any atom is 0.265 e. The Morgan fingerprint density at radius 1 is 1.61 bits per heavy atom. The van der Waals surface area contributed by atoms with Gasteiger partial charge in [-0.05, 0) is 12.7 Å². The molecule has 1 aromatic rings. The third-order valence-electron chi connectivity index (χ3n) is 2.43. The molecule has 0 saturated carbocycles. The Kier molecular flexibility index (Phi) is 5.74. The molecule has 7 heteroatoms. The van der Waals surface area contributed by atoms with Gasteiger partial charge in [-0.15, -0.1) is 0 Å². The first-order chi connectivity index (χ1) is 8.49. The molecule has 102 valence electrons. The molecule has 0 aliphatic heterocycles. The van der Waals surface area contributed by atoms with Crippen LogP contribution in [0.3, 0.4) is 0 Å². The Morgan fingerprint density at radius 3 is 2.72 bits per heavy atom. The summed E-state index contributed by atoms with van der Waals surface area (Å²) in [6.45, 7) is 2.06. The van der Waals surface area contributed by atoms with Gasteiger partial charge in [0.1, 0.15) is 10.7 Å². The van der Waals surface area contributed by atoms with Crippen LogP contribution in [0.2, 0.25) is 0 Å². The van der Waals surface area contributed by atoms with Gasteiger partial charge in [0.05, 0.1) is 0 Å². The number of nitrogens with one attached hydrogen (secondary N) is 1. The number of nitrogen functional groups attached to an aromatic ring is 1. The van der Waals surface area contributed by atoms with Gasteiger partial charge in [-0.3, -0.25) is 4.79 Å². The van der Waals surface area contributed by atoms with Crippen LogP contribution in [-0.2, 0) is 0 Å². The van der Waals surface area contributed by atoms with Crippen molar-refractivity contribution in [2.24, 2.45) is 0 Å². The molecule has 1 rings (SSSR count). The molecular formula is C11H20N4OS2. The number of rotatable bonds is 6. The lowest BCUT2D eigenvalue weighted by molar-refractivity contribution is 0.0945. The summed E-state index contributed by atoms with van der Waals surface area (Å²) >= 11 is 3.04. The van der Waals surface area contributed by atoms with Crippen LogP contribution in [-0.4, -0.2) is 43.0 Å². The quantitative estimate of drug-likeness (QED) is 0.833. The minimum Gasteiger partial charge on any atom is -0.382 e. The summed E-state index contributed by atoms with van der Waals surface area (Å²) in [5, 5.41) is 3.74. The van der Waals surface area contributed by atoms with E-state index in [0.29, 0.717) is 10.7 Å². The zero-order valence-electron chi connectivity index (χ0n) is 11.2. The number of carbonyl (C=O) groups is 1. The van der Waals surface area contributed by atoms with Crippen LogP contribution in [0.25, 0.3) is 0 Å². The standard InChI is InChI=1S/C11H20N4OS2/c1-5-7(6-17-4)13-10(16)8-9(12)14-11(18-8)15(2)3/h7H,5-6,12H2,1-4H3,(H,13,16). The first-order valence-electron chi connectivity index (χ1n) is 5.73. The van der Waals surface area contributed by atoms with Crippen LogP contribution in [0.1, 0.15) is 23.0 Å². The van der Waals surface area contributed by atoms with E-state index in [4.69, 9.17) is 5.73 Å². The minimum atomic E-state index is -0.126. The number of carbonyl (C=O) groups excluding carboxylic acids is 1. The number of anilines is 2. The van der Waals surface area contributed by atoms with E-state index in [-0.39, 0.29) is 11.9 Å². The lowest BCUT2D eigenvalue weighted by atomic mass is 10.2. The van der Waals surface area contributed by atoms with Gasteiger partial charge in [-0.25, -0.2) is 4.98 Å². The average Bonchev–Trinajstić information content (AvgIpc) is 2.71. The third kappa shape index (κ3) is 3.78. The summed E-state index contributed by atoms with van der Waals surface area (Å²) in [6.07, 6.45) is 2.94. The molecule has 0 aliphatic rings. The number of hydrogen-bond donors (Lipinski definition) is 2. The molecule has 1 heterocycles. The van der Waals surface area contributed by atoms with Crippen LogP contribution < -0.4 is 16.0 Å². The van der Waals surface area contributed by atoms with E-state index in [9.17, 15) is 4.79 Å². The largest absolute Gasteiger partial charge is 0.382 e. The fourth-order valence-electron chi connectivity index (χ4n) is 1.39. The number of hydrogen-bond acceptors (Lipinski definition) is 6. The molecule has 1 aromatic heterocycles. The molecule has 0 spiro atoms. The fraction of sp³-hybridized carbons (Fsp3) is 0.636. The zero-order valence-corrected chi connectivity index (χ0v) is 12.8. The van der Waals surface area contributed by atoms with Crippen LogP contribution in [0.15, 0.2) is 0 Å². The van der Waals surface area contributed by atoms with Crippen molar-refractivity contribution in [3.63, 3.8) is 0 Å². The lowest BCUT2D eigenvalue weighted by Crippen LogP contribution is -2.36. The summed E-state index contributed by atoms with van der Waals surface area (Å²) in [7, 11) is 3.76. The monoisotopic (exact) mass is 288 g/mol. The Morgan fingerprint density at radius 2 is 2.28 bits per heavy atom. The van der Waals surface area contributed by atoms with Crippen molar-refractivity contribution in [1.29, 1.82) is 0 Å². The number of amides is 1. The van der Waals surface area contributed by atoms with Gasteiger partial charge in [-0.2, -0.15) is 11.8 Å². The van der Waals surface area contributed by atoms with Crippen LogP contribution >= 0.6 is 23.1 Å². The predicted molar refractivity (Wildman–Crippen MR) is 80.8 cm³/mol. The molecule has 0 aliphatic carbocycles. The topological polar surface area (TPSA) is 71.2 Å². The van der Waals surface area contributed by atoms with Gasteiger partial charge < -0.3 is 16.0 Å². The highest BCUT2D eigenvalue weighted by atomic mass is 32.2. The zero-order chi connectivity index (χ0) is 13.7. The highest BCUT2D eigenvalue weighted by molar-refractivity contribution is 7.98. The summed E-state index contributed by atoms with van der Waals surface area (Å²) in [4.78, 5) is 18.6. The van der Waals surface area contributed by atoms with E-state index >= 15 is 0 Å². The Hall–Kier alpha value is -0.950. The molecule has 0 aromatic carbocycles. The highest BCUT2D eigenvalue weighted by Gasteiger charge is 2.19. The maximum atomic E-state index is 12.1. The third-order valence-corrected chi connectivity index (χ3v) is 4.40. The molecule has 3 N–H and O–H groups in total. The summed E-state index contributed by atoms with van der Waals surface area (Å²) < 4.78 is 0. The number of thiazole rings is 1. The number of aromatic nitrogens is 1. The summed E-state index contributed by atoms with van der Waals surface area (Å²) in [5.41, 5.74) is 5.78. The SMILES string of the molecule is CCC(CSC)NC(=O)c1sc(N(C)C)nc1N. The van der Waals surface area contributed by atoms with Crippen LogP contribution in [0.5, 0.6) is 0 Å². The number of nitrogens with zero attached hydrogens (tertiary/aromatic N) is 2. The lowest BCUT2D eigenvalue weighted by Gasteiger charge is -2.14. The highest BCUT2D eigenvalue weighted by Crippen LogP contribution is 2.26. The molecule has 0 radical (unpaired) electrons. The van der Waals surface area contributed by atoms with E-state index in [1.807, 2.05) is 25.3 Å². The van der Waals surface area contributed by atoms with Gasteiger partial charge in [0, 0.05) is 25.9 Å². The smallest absolute Gasteiger partial charge is 0.265 e. The van der Waals surface area contributed by atoms with Gasteiger partial charge >= 0.3 is 0 Å². The molecule has 18 heavy (non-hydrogen) atoms. The second-order valence-corrected chi connectivity index (χ2v) is 6.03. The van der Waals surface area contributed by atoms with Crippen molar-refractivity contribution < 1.29 is 4.79 Å². The molecular weight excluding hydrogens is 268 g/mol. The Bertz CT molecular complexity index is 406. The van der Waals surface area contributed by atoms with Gasteiger partial charge in [0.15, 0.2) is 5.13 Å². The number of nitrogens with two attached hydrogens (primary N) is 1. The van der Waals surface area contributed by atoms with E-state index in [0.717, 1.165) is 17.3 Å². The summed E-state index contributed by atoms with van der Waals surface area (Å²) in [5.74, 6) is 1.08. The second kappa shape index (κ2) is 6.84. The number of thioether (sulfide) groups is 1. The average molecular weight is 288 g/mol. The maximum absolute atomic E-state index is 12.1. The van der Waals surface area contributed by atoms with Crippen LogP contribution in [0, 0.1) is 0 Å². The molecule has 1 unspecified atom stereocenters. The normalized spacial score (nSPS) is 12.2. The van der Waals surface area contributed by atoms with E-state index in [1.54, 1.807) is 11.8 Å². The van der Waals surface area contributed by atoms with Crippen molar-refractivity contribution >= 4 is 40.0 Å². The van der Waals surface area contributed by atoms with Crippen LogP contribution in [0.4, 0.5) is 10.9 Å². The Balaban J connectivity index is 2.77. The van der Waals surface area contributed by atoms with Crippen molar-refractivity contribution in [2.45, 2.75) is 19.4 Å². The van der Waals surface area contributed by atoms with Gasteiger partial charge in [0.25, 0.3) is 5.91 Å².